The summed E-state index contributed by atoms with van der Waals surface area (Å²) < 4.78 is 5.78. The van der Waals surface area contributed by atoms with Gasteiger partial charge < -0.3 is 15.2 Å². The van der Waals surface area contributed by atoms with Crippen LogP contribution in [0.25, 0.3) is 11.1 Å². The third-order valence-electron chi connectivity index (χ3n) is 5.47. The van der Waals surface area contributed by atoms with Crippen LogP contribution in [0.15, 0.2) is 109 Å². The summed E-state index contributed by atoms with van der Waals surface area (Å²) in [7, 11) is 0. The number of amides is 1. The Morgan fingerprint density at radius 2 is 1.29 bits per heavy atom. The van der Waals surface area contributed by atoms with Gasteiger partial charge in [-0.2, -0.15) is 0 Å². The topological polar surface area (TPSA) is 75.6 Å². The fourth-order valence-electron chi connectivity index (χ4n) is 3.58. The van der Waals surface area contributed by atoms with Gasteiger partial charge in [-0.15, -0.1) is 0 Å². The summed E-state index contributed by atoms with van der Waals surface area (Å²) in [4.78, 5) is 24.5. The van der Waals surface area contributed by atoms with Gasteiger partial charge in [0.15, 0.2) is 0 Å². The predicted octanol–water partition coefficient (Wildman–Crippen LogP) is 5.36. The van der Waals surface area contributed by atoms with Crippen molar-refractivity contribution < 1.29 is 19.4 Å². The van der Waals surface area contributed by atoms with Crippen LogP contribution in [0.1, 0.15) is 21.5 Å². The minimum atomic E-state index is -1.08. The normalized spacial score (nSPS) is 11.4. The number of carbonyl (C=O) groups is 2. The molecule has 5 nitrogen and oxygen atoms in total. The van der Waals surface area contributed by atoms with Crippen LogP contribution in [-0.4, -0.2) is 23.0 Å². The Morgan fingerprint density at radius 1 is 0.706 bits per heavy atom. The molecule has 0 fully saturated rings. The molecule has 4 aromatic carbocycles. The number of benzene rings is 4. The van der Waals surface area contributed by atoms with E-state index in [0.29, 0.717) is 17.9 Å². The van der Waals surface area contributed by atoms with Gasteiger partial charge >= 0.3 is 5.97 Å². The molecule has 0 aliphatic heterocycles. The lowest BCUT2D eigenvalue weighted by molar-refractivity contribution is -0.139. The van der Waals surface area contributed by atoms with Crippen LogP contribution >= 0.6 is 0 Å². The van der Waals surface area contributed by atoms with E-state index in [9.17, 15) is 14.7 Å². The van der Waals surface area contributed by atoms with E-state index in [1.54, 1.807) is 24.3 Å². The molecule has 4 rings (SSSR count). The van der Waals surface area contributed by atoms with Gasteiger partial charge in [-0.05, 0) is 46.5 Å². The second-order valence-corrected chi connectivity index (χ2v) is 7.93. The SMILES string of the molecule is O=C(N[C@H](Cc1ccc(OCc2ccccc2)cc1)C(=O)O)c1ccc(-c2ccccc2)cc1. The Hall–Kier alpha value is -4.38. The van der Waals surface area contributed by atoms with E-state index in [4.69, 9.17) is 4.74 Å². The average molecular weight is 452 g/mol. The van der Waals surface area contributed by atoms with Crippen molar-refractivity contribution in [1.29, 1.82) is 0 Å². The van der Waals surface area contributed by atoms with E-state index < -0.39 is 17.9 Å². The summed E-state index contributed by atoms with van der Waals surface area (Å²) in [6.45, 7) is 0.455. The van der Waals surface area contributed by atoms with E-state index in [2.05, 4.69) is 5.32 Å². The number of hydrogen-bond acceptors (Lipinski definition) is 3. The van der Waals surface area contributed by atoms with Crippen LogP contribution in [0.5, 0.6) is 5.75 Å². The molecule has 0 aliphatic carbocycles. The van der Waals surface area contributed by atoms with Crippen molar-refractivity contribution in [2.24, 2.45) is 0 Å². The largest absolute Gasteiger partial charge is 0.489 e. The molecule has 0 radical (unpaired) electrons. The molecule has 0 heterocycles. The fraction of sp³-hybridized carbons (Fsp3) is 0.103. The van der Waals surface area contributed by atoms with E-state index in [1.807, 2.05) is 84.9 Å². The van der Waals surface area contributed by atoms with Crippen molar-refractivity contribution in [1.82, 2.24) is 5.32 Å². The van der Waals surface area contributed by atoms with Gasteiger partial charge in [-0.3, -0.25) is 4.79 Å². The number of aliphatic carboxylic acids is 1. The molecule has 1 atom stereocenters. The summed E-state index contributed by atoms with van der Waals surface area (Å²) in [5, 5.41) is 12.3. The molecule has 0 unspecified atom stereocenters. The molecule has 0 aromatic heterocycles. The molecule has 1 amide bonds. The summed E-state index contributed by atoms with van der Waals surface area (Å²) >= 11 is 0. The van der Waals surface area contributed by atoms with E-state index in [-0.39, 0.29) is 6.42 Å². The van der Waals surface area contributed by atoms with Gasteiger partial charge in [-0.25, -0.2) is 4.79 Å². The lowest BCUT2D eigenvalue weighted by Gasteiger charge is -2.15. The predicted molar refractivity (Wildman–Crippen MR) is 132 cm³/mol. The second-order valence-electron chi connectivity index (χ2n) is 7.93. The maximum Gasteiger partial charge on any atom is 0.326 e. The van der Waals surface area contributed by atoms with Crippen LogP contribution in [0.3, 0.4) is 0 Å². The number of carboxylic acid groups (broad SMARTS) is 1. The molecule has 2 N–H and O–H groups in total. The van der Waals surface area contributed by atoms with Gasteiger partial charge in [-0.1, -0.05) is 84.9 Å². The maximum absolute atomic E-state index is 12.7. The maximum atomic E-state index is 12.7. The van der Waals surface area contributed by atoms with Crippen LogP contribution in [-0.2, 0) is 17.8 Å². The number of carboxylic acids is 1. The number of rotatable bonds is 9. The minimum Gasteiger partial charge on any atom is -0.489 e. The molecular weight excluding hydrogens is 426 g/mol. The van der Waals surface area contributed by atoms with E-state index in [0.717, 1.165) is 22.3 Å². The van der Waals surface area contributed by atoms with Crippen LogP contribution in [0.4, 0.5) is 0 Å². The Bertz CT molecular complexity index is 1220. The fourth-order valence-corrected chi connectivity index (χ4v) is 3.58. The zero-order chi connectivity index (χ0) is 23.8. The summed E-state index contributed by atoms with van der Waals surface area (Å²) in [5.74, 6) is -0.810. The van der Waals surface area contributed by atoms with Crippen molar-refractivity contribution in [3.05, 3.63) is 126 Å². The Balaban J connectivity index is 1.35. The van der Waals surface area contributed by atoms with Gasteiger partial charge in [0.25, 0.3) is 5.91 Å². The number of ether oxygens (including phenoxy) is 1. The molecular formula is C29H25NO4. The molecule has 170 valence electrons. The Morgan fingerprint density at radius 3 is 1.91 bits per heavy atom. The van der Waals surface area contributed by atoms with Crippen LogP contribution < -0.4 is 10.1 Å². The third kappa shape index (κ3) is 6.11. The molecule has 0 aliphatic rings. The highest BCUT2D eigenvalue weighted by molar-refractivity contribution is 5.97. The molecule has 0 saturated carbocycles. The van der Waals surface area contributed by atoms with Crippen molar-refractivity contribution in [2.45, 2.75) is 19.1 Å². The van der Waals surface area contributed by atoms with E-state index >= 15 is 0 Å². The Labute approximate surface area is 198 Å². The van der Waals surface area contributed by atoms with Crippen molar-refractivity contribution in [3.8, 4) is 16.9 Å². The average Bonchev–Trinajstić information content (AvgIpc) is 2.89. The van der Waals surface area contributed by atoms with E-state index in [1.165, 1.54) is 0 Å². The highest BCUT2D eigenvalue weighted by Gasteiger charge is 2.21. The quantitative estimate of drug-likeness (QED) is 0.359. The van der Waals surface area contributed by atoms with Crippen molar-refractivity contribution in [2.75, 3.05) is 0 Å². The first-order valence-electron chi connectivity index (χ1n) is 11.0. The molecule has 4 aromatic rings. The van der Waals surface area contributed by atoms with Crippen molar-refractivity contribution >= 4 is 11.9 Å². The number of hydrogen-bond donors (Lipinski definition) is 2. The summed E-state index contributed by atoms with van der Waals surface area (Å²) in [6, 6.07) is 33.0. The third-order valence-corrected chi connectivity index (χ3v) is 5.47. The zero-order valence-corrected chi connectivity index (χ0v) is 18.6. The van der Waals surface area contributed by atoms with Crippen LogP contribution in [0, 0.1) is 0 Å². The van der Waals surface area contributed by atoms with Crippen molar-refractivity contribution in [3.63, 3.8) is 0 Å². The zero-order valence-electron chi connectivity index (χ0n) is 18.6. The Kier molecular flexibility index (Phi) is 7.35. The minimum absolute atomic E-state index is 0.169. The second kappa shape index (κ2) is 11.0. The van der Waals surface area contributed by atoms with Gasteiger partial charge in [0.2, 0.25) is 0 Å². The first kappa shape index (κ1) is 22.8. The standard InChI is InChI=1S/C29H25NO4/c31-28(25-15-13-24(14-16-25)23-9-5-2-6-10-23)30-27(29(32)33)19-21-11-17-26(18-12-21)34-20-22-7-3-1-4-8-22/h1-18,27H,19-20H2,(H,30,31)(H,32,33)/t27-/m1/s1. The smallest absolute Gasteiger partial charge is 0.326 e. The van der Waals surface area contributed by atoms with Gasteiger partial charge in [0, 0.05) is 12.0 Å². The molecule has 0 saturated heterocycles. The molecule has 5 heteroatoms. The first-order valence-corrected chi connectivity index (χ1v) is 11.0. The van der Waals surface area contributed by atoms with Gasteiger partial charge in [0.05, 0.1) is 0 Å². The molecule has 0 spiro atoms. The first-order chi connectivity index (χ1) is 16.6. The summed E-state index contributed by atoms with van der Waals surface area (Å²) in [6.07, 6.45) is 0.169. The lowest BCUT2D eigenvalue weighted by Crippen LogP contribution is -2.42. The molecule has 34 heavy (non-hydrogen) atoms. The molecule has 0 bridgehead atoms. The van der Waals surface area contributed by atoms with Gasteiger partial charge in [0.1, 0.15) is 18.4 Å². The highest BCUT2D eigenvalue weighted by atomic mass is 16.5. The number of nitrogens with one attached hydrogen (secondary N) is 1. The number of carbonyl (C=O) groups excluding carboxylic acids is 1. The summed E-state index contributed by atoms with van der Waals surface area (Å²) in [5.41, 5.74) is 4.31. The van der Waals surface area contributed by atoms with Crippen LogP contribution in [0.2, 0.25) is 0 Å². The monoisotopic (exact) mass is 451 g/mol. The lowest BCUT2D eigenvalue weighted by atomic mass is 10.0. The highest BCUT2D eigenvalue weighted by Crippen LogP contribution is 2.20.